The first-order chi connectivity index (χ1) is 8.58. The van der Waals surface area contributed by atoms with Crippen LogP contribution in [0.25, 0.3) is 5.65 Å². The van der Waals surface area contributed by atoms with Crippen molar-refractivity contribution in [1.82, 2.24) is 14.6 Å². The van der Waals surface area contributed by atoms with Gasteiger partial charge in [0.05, 0.1) is 11.6 Å². The van der Waals surface area contributed by atoms with Crippen molar-refractivity contribution < 1.29 is 9.90 Å². The number of hydrogen-bond donors (Lipinski definition) is 1. The molecule has 0 radical (unpaired) electrons. The highest BCUT2D eigenvalue weighted by molar-refractivity contribution is 5.76. The Labute approximate surface area is 104 Å². The smallest absolute Gasteiger partial charge is 0.311 e. The minimum absolute atomic E-state index is 0.500. The van der Waals surface area contributed by atoms with Crippen molar-refractivity contribution >= 4 is 17.4 Å². The average molecular weight is 246 g/mol. The van der Waals surface area contributed by atoms with E-state index in [-0.39, 0.29) is 0 Å². The van der Waals surface area contributed by atoms with Crippen molar-refractivity contribution in [1.29, 1.82) is 0 Å². The van der Waals surface area contributed by atoms with Crippen LogP contribution in [0, 0.1) is 5.41 Å². The molecule has 2 aromatic rings. The summed E-state index contributed by atoms with van der Waals surface area (Å²) in [4.78, 5) is 17.7. The summed E-state index contributed by atoms with van der Waals surface area (Å²) in [6.07, 6.45) is 4.18. The summed E-state index contributed by atoms with van der Waals surface area (Å²) in [6.45, 7) is 3.01. The van der Waals surface area contributed by atoms with Crippen molar-refractivity contribution in [2.45, 2.75) is 13.3 Å². The van der Waals surface area contributed by atoms with Crippen LogP contribution in [0.4, 0.5) is 5.82 Å². The molecule has 1 aliphatic heterocycles. The first kappa shape index (κ1) is 11.0. The van der Waals surface area contributed by atoms with Gasteiger partial charge in [-0.05, 0) is 19.4 Å². The van der Waals surface area contributed by atoms with Crippen LogP contribution in [0.15, 0.2) is 24.5 Å². The zero-order valence-corrected chi connectivity index (χ0v) is 10.1. The molecule has 1 saturated heterocycles. The number of aliphatic carboxylic acids is 1. The minimum atomic E-state index is -0.740. The topological polar surface area (TPSA) is 70.7 Å². The Morgan fingerprint density at radius 3 is 3.06 bits per heavy atom. The molecule has 0 amide bonds. The van der Waals surface area contributed by atoms with Gasteiger partial charge in [-0.2, -0.15) is 5.10 Å². The fraction of sp³-hybridized carbons (Fsp3) is 0.417. The van der Waals surface area contributed by atoms with Gasteiger partial charge in [-0.3, -0.25) is 4.79 Å². The van der Waals surface area contributed by atoms with E-state index in [0.717, 1.165) is 18.0 Å². The van der Waals surface area contributed by atoms with Crippen LogP contribution in [-0.4, -0.2) is 38.8 Å². The molecule has 6 heteroatoms. The summed E-state index contributed by atoms with van der Waals surface area (Å²) in [7, 11) is 0. The van der Waals surface area contributed by atoms with E-state index in [1.807, 2.05) is 23.2 Å². The third kappa shape index (κ3) is 1.61. The lowest BCUT2D eigenvalue weighted by Gasteiger charge is -2.20. The lowest BCUT2D eigenvalue weighted by molar-refractivity contribution is -0.146. The highest BCUT2D eigenvalue weighted by Gasteiger charge is 2.40. The van der Waals surface area contributed by atoms with Crippen LogP contribution in [0.3, 0.4) is 0 Å². The van der Waals surface area contributed by atoms with Gasteiger partial charge in [0.1, 0.15) is 5.82 Å². The highest BCUT2D eigenvalue weighted by Crippen LogP contribution is 2.32. The number of carboxylic acids is 1. The van der Waals surface area contributed by atoms with Gasteiger partial charge in [0.15, 0.2) is 5.65 Å². The normalized spacial score (nSPS) is 23.7. The van der Waals surface area contributed by atoms with E-state index >= 15 is 0 Å². The molecule has 3 heterocycles. The summed E-state index contributed by atoms with van der Waals surface area (Å²) in [5.74, 6) is 0.0726. The quantitative estimate of drug-likeness (QED) is 0.857. The molecule has 6 nitrogen and oxygen atoms in total. The molecule has 0 spiro atoms. The van der Waals surface area contributed by atoms with Gasteiger partial charge >= 0.3 is 5.97 Å². The zero-order chi connectivity index (χ0) is 12.8. The summed E-state index contributed by atoms with van der Waals surface area (Å²) < 4.78 is 1.69. The zero-order valence-electron chi connectivity index (χ0n) is 10.1. The number of nitrogens with zero attached hydrogens (tertiary/aromatic N) is 4. The average Bonchev–Trinajstić information content (AvgIpc) is 2.95. The molecule has 0 saturated carbocycles. The lowest BCUT2D eigenvalue weighted by Crippen LogP contribution is -2.32. The van der Waals surface area contributed by atoms with E-state index in [0.29, 0.717) is 13.0 Å². The van der Waals surface area contributed by atoms with E-state index in [9.17, 15) is 9.90 Å². The SMILES string of the molecule is CC1(C(=O)O)CCN(c2ccn3nccc3n2)C1. The van der Waals surface area contributed by atoms with Gasteiger partial charge in [0, 0.05) is 25.4 Å². The molecule has 0 bridgehead atoms. The van der Waals surface area contributed by atoms with Crippen molar-refractivity contribution in [2.24, 2.45) is 5.41 Å². The second-order valence-corrected chi connectivity index (χ2v) is 4.96. The van der Waals surface area contributed by atoms with E-state index < -0.39 is 11.4 Å². The van der Waals surface area contributed by atoms with Crippen LogP contribution in [-0.2, 0) is 4.79 Å². The number of anilines is 1. The van der Waals surface area contributed by atoms with Gasteiger partial charge in [0.2, 0.25) is 0 Å². The second kappa shape index (κ2) is 3.69. The first-order valence-corrected chi connectivity index (χ1v) is 5.87. The van der Waals surface area contributed by atoms with Crippen LogP contribution in [0.5, 0.6) is 0 Å². The fourth-order valence-corrected chi connectivity index (χ4v) is 2.31. The molecule has 1 N–H and O–H groups in total. The Kier molecular flexibility index (Phi) is 2.26. The van der Waals surface area contributed by atoms with E-state index in [1.165, 1.54) is 0 Å². The number of hydrogen-bond acceptors (Lipinski definition) is 4. The van der Waals surface area contributed by atoms with Gasteiger partial charge in [-0.15, -0.1) is 0 Å². The largest absolute Gasteiger partial charge is 0.481 e. The number of rotatable bonds is 2. The predicted octanol–water partition coefficient (Wildman–Crippen LogP) is 1.03. The van der Waals surface area contributed by atoms with Crippen molar-refractivity contribution in [2.75, 3.05) is 18.0 Å². The maximum absolute atomic E-state index is 11.2. The van der Waals surface area contributed by atoms with E-state index in [4.69, 9.17) is 0 Å². The Morgan fingerprint density at radius 2 is 2.33 bits per heavy atom. The molecule has 2 aromatic heterocycles. The molecule has 1 aliphatic rings. The van der Waals surface area contributed by atoms with E-state index in [1.54, 1.807) is 17.6 Å². The number of carboxylic acid groups (broad SMARTS) is 1. The Hall–Kier alpha value is -2.11. The number of carbonyl (C=O) groups is 1. The van der Waals surface area contributed by atoms with Gasteiger partial charge in [-0.25, -0.2) is 9.50 Å². The third-order valence-electron chi connectivity index (χ3n) is 3.56. The number of aromatic nitrogens is 3. The van der Waals surface area contributed by atoms with Crippen LogP contribution >= 0.6 is 0 Å². The standard InChI is InChI=1S/C12H14N4O2/c1-12(11(17)18)4-7-15(8-12)9-3-6-16-10(14-9)2-5-13-16/h2-3,5-6H,4,7-8H2,1H3,(H,17,18). The van der Waals surface area contributed by atoms with Gasteiger partial charge < -0.3 is 10.0 Å². The van der Waals surface area contributed by atoms with Crippen LogP contribution in [0.1, 0.15) is 13.3 Å². The molecule has 3 rings (SSSR count). The predicted molar refractivity (Wildman–Crippen MR) is 65.6 cm³/mol. The maximum atomic E-state index is 11.2. The number of fused-ring (bicyclic) bond motifs is 1. The third-order valence-corrected chi connectivity index (χ3v) is 3.56. The van der Waals surface area contributed by atoms with Crippen molar-refractivity contribution in [3.63, 3.8) is 0 Å². The fourth-order valence-electron chi connectivity index (χ4n) is 2.31. The van der Waals surface area contributed by atoms with E-state index in [2.05, 4.69) is 10.1 Å². The Bertz CT molecular complexity index is 609. The van der Waals surface area contributed by atoms with Crippen molar-refractivity contribution in [3.8, 4) is 0 Å². The minimum Gasteiger partial charge on any atom is -0.481 e. The molecule has 1 unspecified atom stereocenters. The molecule has 18 heavy (non-hydrogen) atoms. The summed E-state index contributed by atoms with van der Waals surface area (Å²) in [6, 6.07) is 3.70. The Balaban J connectivity index is 1.90. The Morgan fingerprint density at radius 1 is 1.50 bits per heavy atom. The second-order valence-electron chi connectivity index (χ2n) is 4.96. The molecule has 1 atom stereocenters. The molecular formula is C12H14N4O2. The lowest BCUT2D eigenvalue weighted by atomic mass is 9.90. The molecular weight excluding hydrogens is 232 g/mol. The highest BCUT2D eigenvalue weighted by atomic mass is 16.4. The molecule has 0 aromatic carbocycles. The van der Waals surface area contributed by atoms with Gasteiger partial charge in [-0.1, -0.05) is 0 Å². The van der Waals surface area contributed by atoms with Crippen molar-refractivity contribution in [3.05, 3.63) is 24.5 Å². The molecule has 1 fully saturated rings. The van der Waals surface area contributed by atoms with Crippen LogP contribution < -0.4 is 4.90 Å². The van der Waals surface area contributed by atoms with Crippen LogP contribution in [0.2, 0.25) is 0 Å². The summed E-state index contributed by atoms with van der Waals surface area (Å²) >= 11 is 0. The monoisotopic (exact) mass is 246 g/mol. The summed E-state index contributed by atoms with van der Waals surface area (Å²) in [5, 5.41) is 13.3. The maximum Gasteiger partial charge on any atom is 0.311 e. The molecule has 0 aliphatic carbocycles. The molecule has 94 valence electrons. The first-order valence-electron chi connectivity index (χ1n) is 5.87. The summed E-state index contributed by atoms with van der Waals surface area (Å²) in [5.41, 5.74) is 0.102. The van der Waals surface area contributed by atoms with Gasteiger partial charge in [0.25, 0.3) is 0 Å².